The van der Waals surface area contributed by atoms with Crippen LogP contribution in [0.15, 0.2) is 68.5 Å². The quantitative estimate of drug-likeness (QED) is 0.610. The summed E-state index contributed by atoms with van der Waals surface area (Å²) in [6, 6.07) is 16.1. The van der Waals surface area contributed by atoms with Crippen LogP contribution in [0.1, 0.15) is 17.2 Å². The molecular formula is C18H12Br2N2OS. The number of hydrogen-bond donors (Lipinski definition) is 0. The zero-order valence-electron chi connectivity index (χ0n) is 12.4. The van der Waals surface area contributed by atoms with Crippen LogP contribution in [0.3, 0.4) is 0 Å². The fourth-order valence-electron chi connectivity index (χ4n) is 2.78. The van der Waals surface area contributed by atoms with Crippen LogP contribution >= 0.6 is 43.6 Å². The first kappa shape index (κ1) is 16.1. The van der Waals surface area contributed by atoms with E-state index in [9.17, 15) is 4.79 Å². The fourth-order valence-corrected chi connectivity index (χ4v) is 4.22. The van der Waals surface area contributed by atoms with Crippen LogP contribution in [0.5, 0.6) is 0 Å². The van der Waals surface area contributed by atoms with Gasteiger partial charge < -0.3 is 0 Å². The SMILES string of the molecule is O=C1CSC2=NC(c3ccc(Br)cc3)=CC(c3ccc(Br)cc3)N12. The van der Waals surface area contributed by atoms with Crippen LogP contribution in [-0.2, 0) is 4.79 Å². The van der Waals surface area contributed by atoms with Crippen molar-refractivity contribution in [2.45, 2.75) is 6.04 Å². The van der Waals surface area contributed by atoms with E-state index in [0.717, 1.165) is 30.9 Å². The molecule has 24 heavy (non-hydrogen) atoms. The van der Waals surface area contributed by atoms with E-state index in [1.807, 2.05) is 48.5 Å². The molecule has 2 aliphatic heterocycles. The molecule has 0 aromatic heterocycles. The Morgan fingerprint density at radius 2 is 1.62 bits per heavy atom. The number of fused-ring (bicyclic) bond motifs is 1. The van der Waals surface area contributed by atoms with Crippen molar-refractivity contribution in [2.24, 2.45) is 4.99 Å². The number of amidine groups is 1. The number of nitrogens with zero attached hydrogens (tertiary/aromatic N) is 2. The van der Waals surface area contributed by atoms with Gasteiger partial charge in [-0.1, -0.05) is 67.9 Å². The van der Waals surface area contributed by atoms with Crippen molar-refractivity contribution in [2.75, 3.05) is 5.75 Å². The maximum absolute atomic E-state index is 12.3. The highest BCUT2D eigenvalue weighted by Crippen LogP contribution is 2.38. The first-order valence-corrected chi connectivity index (χ1v) is 9.96. The van der Waals surface area contributed by atoms with Crippen LogP contribution in [0.4, 0.5) is 0 Å². The van der Waals surface area contributed by atoms with Crippen molar-refractivity contribution in [3.05, 3.63) is 74.7 Å². The lowest BCUT2D eigenvalue weighted by Crippen LogP contribution is -2.34. The first-order chi connectivity index (χ1) is 11.6. The molecule has 2 aromatic carbocycles. The number of carbonyl (C=O) groups is 1. The standard InChI is InChI=1S/C18H12Br2N2OS/c19-13-5-1-11(2-6-13)15-9-16(12-3-7-14(20)8-4-12)22-17(23)10-24-18(22)21-15/h1-9,16H,10H2. The molecule has 6 heteroatoms. The fraction of sp³-hybridized carbons (Fsp3) is 0.111. The minimum Gasteiger partial charge on any atom is -0.279 e. The number of rotatable bonds is 2. The van der Waals surface area contributed by atoms with Crippen molar-refractivity contribution in [3.63, 3.8) is 0 Å². The average Bonchev–Trinajstić information content (AvgIpc) is 2.97. The van der Waals surface area contributed by atoms with Crippen LogP contribution in [0.2, 0.25) is 0 Å². The van der Waals surface area contributed by atoms with Crippen molar-refractivity contribution in [1.29, 1.82) is 0 Å². The second-order valence-corrected chi connectivity index (χ2v) is 8.28. The predicted molar refractivity (Wildman–Crippen MR) is 106 cm³/mol. The third-order valence-corrected chi connectivity index (χ3v) is 5.96. The summed E-state index contributed by atoms with van der Waals surface area (Å²) in [7, 11) is 0. The molecule has 3 nitrogen and oxygen atoms in total. The lowest BCUT2D eigenvalue weighted by atomic mass is 10.0. The van der Waals surface area contributed by atoms with Gasteiger partial charge in [0.2, 0.25) is 5.91 Å². The van der Waals surface area contributed by atoms with E-state index < -0.39 is 0 Å². The van der Waals surface area contributed by atoms with E-state index in [0.29, 0.717) is 5.75 Å². The highest BCUT2D eigenvalue weighted by molar-refractivity contribution is 9.10. The monoisotopic (exact) mass is 462 g/mol. The van der Waals surface area contributed by atoms with Crippen LogP contribution in [-0.4, -0.2) is 21.7 Å². The lowest BCUT2D eigenvalue weighted by molar-refractivity contribution is -0.125. The molecule has 4 rings (SSSR count). The van der Waals surface area contributed by atoms with Crippen molar-refractivity contribution in [3.8, 4) is 0 Å². The summed E-state index contributed by atoms with van der Waals surface area (Å²) in [4.78, 5) is 18.8. The number of thioether (sulfide) groups is 1. The van der Waals surface area contributed by atoms with Gasteiger partial charge >= 0.3 is 0 Å². The van der Waals surface area contributed by atoms with E-state index in [1.165, 1.54) is 11.8 Å². The normalized spacial score (nSPS) is 19.8. The molecule has 0 N–H and O–H groups in total. The summed E-state index contributed by atoms with van der Waals surface area (Å²) >= 11 is 8.43. The van der Waals surface area contributed by atoms with E-state index >= 15 is 0 Å². The Morgan fingerprint density at radius 3 is 2.29 bits per heavy atom. The number of aliphatic imine (C=N–C) groups is 1. The number of halogens is 2. The molecule has 0 saturated carbocycles. The second kappa shape index (κ2) is 6.50. The number of amides is 1. The van der Waals surface area contributed by atoms with Crippen LogP contribution in [0.25, 0.3) is 5.70 Å². The highest BCUT2D eigenvalue weighted by Gasteiger charge is 2.37. The minimum absolute atomic E-state index is 0.109. The Bertz CT molecular complexity index is 860. The largest absolute Gasteiger partial charge is 0.279 e. The van der Waals surface area contributed by atoms with Gasteiger partial charge in [-0.05, 0) is 35.9 Å². The summed E-state index contributed by atoms with van der Waals surface area (Å²) in [5, 5.41) is 0.785. The summed E-state index contributed by atoms with van der Waals surface area (Å²) in [6.45, 7) is 0. The summed E-state index contributed by atoms with van der Waals surface area (Å²) in [5.74, 6) is 0.561. The van der Waals surface area contributed by atoms with Crippen molar-refractivity contribution < 1.29 is 4.79 Å². The third-order valence-electron chi connectivity index (χ3n) is 3.96. The molecule has 1 fully saturated rings. The van der Waals surface area contributed by atoms with Crippen molar-refractivity contribution >= 4 is 60.4 Å². The maximum Gasteiger partial charge on any atom is 0.239 e. The van der Waals surface area contributed by atoms with Gasteiger partial charge in [0.15, 0.2) is 5.17 Å². The molecule has 120 valence electrons. The minimum atomic E-state index is -0.119. The average molecular weight is 464 g/mol. The molecular weight excluding hydrogens is 452 g/mol. The second-order valence-electron chi connectivity index (χ2n) is 5.50. The van der Waals surface area contributed by atoms with Crippen LogP contribution in [0, 0.1) is 0 Å². The zero-order valence-corrected chi connectivity index (χ0v) is 16.4. The van der Waals surface area contributed by atoms with Gasteiger partial charge in [0.1, 0.15) is 0 Å². The van der Waals surface area contributed by atoms with E-state index in [2.05, 4.69) is 37.9 Å². The molecule has 1 unspecified atom stereocenters. The molecule has 0 radical (unpaired) electrons. The molecule has 0 aliphatic carbocycles. The van der Waals surface area contributed by atoms with Gasteiger partial charge in [0.25, 0.3) is 0 Å². The van der Waals surface area contributed by atoms with E-state index in [-0.39, 0.29) is 11.9 Å². The van der Waals surface area contributed by atoms with E-state index in [1.54, 1.807) is 4.90 Å². The van der Waals surface area contributed by atoms with Gasteiger partial charge in [0, 0.05) is 14.5 Å². The molecule has 2 aliphatic rings. The molecule has 0 bridgehead atoms. The molecule has 1 atom stereocenters. The lowest BCUT2D eigenvalue weighted by Gasteiger charge is -2.29. The van der Waals surface area contributed by atoms with Gasteiger partial charge in [-0.15, -0.1) is 0 Å². The zero-order chi connectivity index (χ0) is 16.7. The van der Waals surface area contributed by atoms with Gasteiger partial charge in [-0.3, -0.25) is 9.69 Å². The first-order valence-electron chi connectivity index (χ1n) is 7.38. The molecule has 2 heterocycles. The number of benzene rings is 2. The summed E-state index contributed by atoms with van der Waals surface area (Å²) in [6.07, 6.45) is 2.07. The van der Waals surface area contributed by atoms with Gasteiger partial charge in [0.05, 0.1) is 17.5 Å². The molecule has 1 amide bonds. The predicted octanol–water partition coefficient (Wildman–Crippen LogP) is 5.24. The van der Waals surface area contributed by atoms with Gasteiger partial charge in [-0.25, -0.2) is 4.99 Å². The number of hydrogen-bond acceptors (Lipinski definition) is 3. The number of carbonyl (C=O) groups excluding carboxylic acids is 1. The maximum atomic E-state index is 12.3. The third kappa shape index (κ3) is 2.98. The molecule has 2 aromatic rings. The summed E-state index contributed by atoms with van der Waals surface area (Å²) in [5.41, 5.74) is 3.03. The Balaban J connectivity index is 1.80. The Hall–Kier alpha value is -1.37. The topological polar surface area (TPSA) is 32.7 Å². The highest BCUT2D eigenvalue weighted by atomic mass is 79.9. The Kier molecular flexibility index (Phi) is 4.37. The Labute approximate surface area is 161 Å². The van der Waals surface area contributed by atoms with Gasteiger partial charge in [-0.2, -0.15) is 0 Å². The molecule has 1 saturated heterocycles. The van der Waals surface area contributed by atoms with Crippen LogP contribution < -0.4 is 0 Å². The summed E-state index contributed by atoms with van der Waals surface area (Å²) < 4.78 is 2.06. The van der Waals surface area contributed by atoms with E-state index in [4.69, 9.17) is 4.99 Å². The molecule has 0 spiro atoms. The smallest absolute Gasteiger partial charge is 0.239 e. The Morgan fingerprint density at radius 1 is 1.00 bits per heavy atom. The van der Waals surface area contributed by atoms with Crippen molar-refractivity contribution in [1.82, 2.24) is 4.90 Å².